The van der Waals surface area contributed by atoms with Gasteiger partial charge in [-0.1, -0.05) is 0 Å². The number of halogens is 2. The molecule has 0 unspecified atom stereocenters. The Kier molecular flexibility index (Phi) is 11.6. The van der Waals surface area contributed by atoms with Gasteiger partial charge < -0.3 is 30.7 Å². The van der Waals surface area contributed by atoms with Crippen molar-refractivity contribution in [2.45, 2.75) is 12.8 Å². The van der Waals surface area contributed by atoms with Crippen LogP contribution < -0.4 is 20.9 Å². The highest BCUT2D eigenvalue weighted by atomic mass is 35.5. The van der Waals surface area contributed by atoms with Crippen LogP contribution in [0, 0.1) is 0 Å². The van der Waals surface area contributed by atoms with Crippen LogP contribution in [0.2, 0.25) is 0 Å². The minimum atomic E-state index is -0.346. The lowest BCUT2D eigenvalue weighted by atomic mass is 10.2. The molecule has 2 aromatic rings. The molecule has 1 aliphatic rings. The molecule has 0 aromatic heterocycles. The Balaban J connectivity index is 1.39. The molecule has 1 fully saturated rings. The van der Waals surface area contributed by atoms with E-state index in [0.29, 0.717) is 48.3 Å². The van der Waals surface area contributed by atoms with E-state index in [9.17, 15) is 9.59 Å². The molecule has 0 spiro atoms. The maximum Gasteiger partial charge on any atom is 0.323 e. The van der Waals surface area contributed by atoms with Crippen LogP contribution in [0.1, 0.15) is 12.8 Å². The van der Waals surface area contributed by atoms with Crippen molar-refractivity contribution >= 4 is 57.9 Å². The summed E-state index contributed by atoms with van der Waals surface area (Å²) in [6, 6.07) is 14.3. The summed E-state index contributed by atoms with van der Waals surface area (Å²) in [5.41, 5.74) is 3.01. The number of nitrogens with zero attached hydrogens (tertiary/aromatic N) is 3. The molecule has 0 atom stereocenters. The minimum absolute atomic E-state index is 0.00156. The summed E-state index contributed by atoms with van der Waals surface area (Å²) in [6.45, 7) is 6.64. The average molecular weight is 536 g/mol. The van der Waals surface area contributed by atoms with E-state index in [1.54, 1.807) is 24.3 Å². The SMILES string of the molecule is CN1CCN(CCCC(=O)Nc2ccc(NC(=O)Nc3ccc(N(CCCl)CCCl)cc3)cc2)CC1. The highest BCUT2D eigenvalue weighted by Gasteiger charge is 2.14. The molecule has 10 heteroatoms. The van der Waals surface area contributed by atoms with Crippen LogP contribution in [0.15, 0.2) is 48.5 Å². The Morgan fingerprint density at radius 3 is 1.83 bits per heavy atom. The van der Waals surface area contributed by atoms with E-state index in [1.165, 1.54) is 0 Å². The third-order valence-electron chi connectivity index (χ3n) is 6.10. The second-order valence-corrected chi connectivity index (χ2v) is 9.62. The fraction of sp³-hybridized carbons (Fsp3) is 0.462. The highest BCUT2D eigenvalue weighted by molar-refractivity contribution is 6.18. The number of hydrogen-bond acceptors (Lipinski definition) is 5. The maximum atomic E-state index is 12.4. The minimum Gasteiger partial charge on any atom is -0.369 e. The van der Waals surface area contributed by atoms with Crippen LogP contribution in [0.3, 0.4) is 0 Å². The largest absolute Gasteiger partial charge is 0.369 e. The monoisotopic (exact) mass is 534 g/mol. The van der Waals surface area contributed by atoms with Gasteiger partial charge in [0.25, 0.3) is 0 Å². The van der Waals surface area contributed by atoms with Crippen molar-refractivity contribution < 1.29 is 9.59 Å². The van der Waals surface area contributed by atoms with Gasteiger partial charge >= 0.3 is 6.03 Å². The van der Waals surface area contributed by atoms with Crippen molar-refractivity contribution in [1.29, 1.82) is 0 Å². The normalized spacial score (nSPS) is 14.3. The van der Waals surface area contributed by atoms with Crippen molar-refractivity contribution in [2.24, 2.45) is 0 Å². The maximum absolute atomic E-state index is 12.4. The number of likely N-dealkylation sites (N-methyl/N-ethyl adjacent to an activating group) is 1. The molecule has 1 saturated heterocycles. The smallest absolute Gasteiger partial charge is 0.323 e. The molecule has 0 bridgehead atoms. The van der Waals surface area contributed by atoms with Crippen molar-refractivity contribution in [2.75, 3.05) is 85.5 Å². The van der Waals surface area contributed by atoms with Crippen molar-refractivity contribution in [1.82, 2.24) is 9.80 Å². The summed E-state index contributed by atoms with van der Waals surface area (Å²) in [5.74, 6) is 1.03. The first-order valence-electron chi connectivity index (χ1n) is 12.3. The number of benzene rings is 2. The second-order valence-electron chi connectivity index (χ2n) is 8.87. The number of piperazine rings is 1. The zero-order valence-corrected chi connectivity index (χ0v) is 22.3. The number of rotatable bonds is 12. The molecule has 196 valence electrons. The lowest BCUT2D eigenvalue weighted by Gasteiger charge is -2.32. The van der Waals surface area contributed by atoms with Crippen LogP contribution in [0.5, 0.6) is 0 Å². The average Bonchev–Trinajstić information content (AvgIpc) is 2.87. The summed E-state index contributed by atoms with van der Waals surface area (Å²) in [4.78, 5) is 31.5. The van der Waals surface area contributed by atoms with E-state index in [-0.39, 0.29) is 11.9 Å². The van der Waals surface area contributed by atoms with Gasteiger partial charge in [0.15, 0.2) is 0 Å². The topological polar surface area (TPSA) is 80.0 Å². The number of carbonyl (C=O) groups excluding carboxylic acids is 2. The number of hydrogen-bond donors (Lipinski definition) is 3. The van der Waals surface area contributed by atoms with Gasteiger partial charge in [0, 0.05) is 80.2 Å². The third kappa shape index (κ3) is 9.50. The number of urea groups is 1. The van der Waals surface area contributed by atoms with Gasteiger partial charge in [-0.2, -0.15) is 0 Å². The van der Waals surface area contributed by atoms with E-state index < -0.39 is 0 Å². The Morgan fingerprint density at radius 1 is 0.806 bits per heavy atom. The van der Waals surface area contributed by atoms with Crippen LogP contribution in [0.25, 0.3) is 0 Å². The lowest BCUT2D eigenvalue weighted by Crippen LogP contribution is -2.44. The molecule has 2 aromatic carbocycles. The molecular weight excluding hydrogens is 499 g/mol. The van der Waals surface area contributed by atoms with Crippen LogP contribution in [-0.4, -0.2) is 86.4 Å². The van der Waals surface area contributed by atoms with E-state index in [4.69, 9.17) is 23.2 Å². The van der Waals surface area contributed by atoms with Gasteiger partial charge in [-0.05, 0) is 68.5 Å². The second kappa shape index (κ2) is 14.9. The van der Waals surface area contributed by atoms with Crippen molar-refractivity contribution in [3.8, 4) is 0 Å². The predicted molar refractivity (Wildman–Crippen MR) is 151 cm³/mol. The molecule has 3 amide bonds. The van der Waals surface area contributed by atoms with Crippen molar-refractivity contribution in [3.63, 3.8) is 0 Å². The standard InChI is InChI=1S/C26H36Cl2N6O2/c1-32-17-19-33(20-18-32)14-2-3-25(35)29-21-4-6-22(7-5-21)30-26(36)31-23-8-10-24(11-9-23)34(15-12-27)16-13-28/h4-11H,2-3,12-20H2,1H3,(H,29,35)(H2,30,31,36). The molecule has 3 N–H and O–H groups in total. The Morgan fingerprint density at radius 2 is 1.31 bits per heavy atom. The fourth-order valence-electron chi connectivity index (χ4n) is 4.02. The van der Waals surface area contributed by atoms with E-state index in [2.05, 4.69) is 37.7 Å². The van der Waals surface area contributed by atoms with Crippen LogP contribution in [0.4, 0.5) is 27.5 Å². The Labute approximate surface area is 223 Å². The van der Waals surface area contributed by atoms with Gasteiger partial charge in [0.05, 0.1) is 0 Å². The fourth-order valence-corrected chi connectivity index (χ4v) is 4.43. The number of alkyl halides is 2. The first-order valence-corrected chi connectivity index (χ1v) is 13.4. The molecular formula is C26H36Cl2N6O2. The zero-order valence-electron chi connectivity index (χ0n) is 20.8. The number of amides is 3. The quantitative estimate of drug-likeness (QED) is 0.347. The van der Waals surface area contributed by atoms with Gasteiger partial charge in [-0.3, -0.25) is 4.79 Å². The predicted octanol–water partition coefficient (Wildman–Crippen LogP) is 4.58. The number of carbonyl (C=O) groups is 2. The summed E-state index contributed by atoms with van der Waals surface area (Å²) in [6.07, 6.45) is 1.33. The van der Waals surface area contributed by atoms with Crippen molar-refractivity contribution in [3.05, 3.63) is 48.5 Å². The molecule has 36 heavy (non-hydrogen) atoms. The Hall–Kier alpha value is -2.52. The highest BCUT2D eigenvalue weighted by Crippen LogP contribution is 2.19. The first kappa shape index (κ1) is 28.1. The lowest BCUT2D eigenvalue weighted by molar-refractivity contribution is -0.116. The molecule has 1 heterocycles. The molecule has 1 aliphatic heterocycles. The zero-order chi connectivity index (χ0) is 25.8. The van der Waals surface area contributed by atoms with Gasteiger partial charge in [0.2, 0.25) is 5.91 Å². The molecule has 0 aliphatic carbocycles. The van der Waals surface area contributed by atoms with Gasteiger partial charge in [-0.15, -0.1) is 23.2 Å². The Bertz CT molecular complexity index is 944. The summed E-state index contributed by atoms with van der Waals surface area (Å²) in [5, 5.41) is 8.55. The van der Waals surface area contributed by atoms with Crippen LogP contribution >= 0.6 is 23.2 Å². The summed E-state index contributed by atoms with van der Waals surface area (Å²) < 4.78 is 0. The third-order valence-corrected chi connectivity index (χ3v) is 6.44. The number of nitrogens with one attached hydrogen (secondary N) is 3. The summed E-state index contributed by atoms with van der Waals surface area (Å²) in [7, 11) is 2.14. The molecule has 0 saturated carbocycles. The van der Waals surface area contributed by atoms with E-state index >= 15 is 0 Å². The van der Waals surface area contributed by atoms with Crippen LogP contribution in [-0.2, 0) is 4.79 Å². The van der Waals surface area contributed by atoms with E-state index in [0.717, 1.165) is 44.8 Å². The molecule has 8 nitrogen and oxygen atoms in total. The number of anilines is 4. The van der Waals surface area contributed by atoms with E-state index in [1.807, 2.05) is 24.3 Å². The first-order chi connectivity index (χ1) is 17.5. The molecule has 0 radical (unpaired) electrons. The van der Waals surface area contributed by atoms with Gasteiger partial charge in [-0.25, -0.2) is 4.79 Å². The van der Waals surface area contributed by atoms with Gasteiger partial charge in [0.1, 0.15) is 0 Å². The molecule has 3 rings (SSSR count). The summed E-state index contributed by atoms with van der Waals surface area (Å²) >= 11 is 11.7.